The summed E-state index contributed by atoms with van der Waals surface area (Å²) in [5, 5.41) is 15.3. The van der Waals surface area contributed by atoms with Crippen molar-refractivity contribution in [1.29, 1.82) is 5.26 Å². The quantitative estimate of drug-likeness (QED) is 0.788. The van der Waals surface area contributed by atoms with Gasteiger partial charge in [0.1, 0.15) is 6.04 Å². The van der Waals surface area contributed by atoms with Crippen molar-refractivity contribution in [2.75, 3.05) is 33.2 Å². The van der Waals surface area contributed by atoms with Gasteiger partial charge in [-0.25, -0.2) is 4.79 Å². The molecular weight excluding hydrogens is 306 g/mol. The highest BCUT2D eigenvalue weighted by atomic mass is 16.2. The van der Waals surface area contributed by atoms with E-state index >= 15 is 0 Å². The molecule has 2 saturated heterocycles. The maximum atomic E-state index is 12.4. The van der Waals surface area contributed by atoms with Gasteiger partial charge in [0.25, 0.3) is 0 Å². The standard InChI is InChI=1S/C17H27N5O2/c1-17(20-9-15(23)22-5-3-4-14(22)8-18)6-12-10-21(16(24)19-2)11-13(12)7-17/h12-14,20H,3-7,9-11H2,1-2H3,(H,19,24)/t12-,13+,14-,17+/m0/s1. The second-order valence-electron chi connectivity index (χ2n) is 7.68. The smallest absolute Gasteiger partial charge is 0.317 e. The van der Waals surface area contributed by atoms with Crippen LogP contribution >= 0.6 is 0 Å². The van der Waals surface area contributed by atoms with Gasteiger partial charge in [-0.3, -0.25) is 4.79 Å². The van der Waals surface area contributed by atoms with Gasteiger partial charge in [0, 0.05) is 32.2 Å². The van der Waals surface area contributed by atoms with Crippen LogP contribution < -0.4 is 10.6 Å². The molecule has 3 aliphatic rings. The third-order valence-electron chi connectivity index (χ3n) is 5.89. The van der Waals surface area contributed by atoms with Crippen LogP contribution in [0.25, 0.3) is 0 Å². The molecule has 4 atom stereocenters. The molecule has 0 radical (unpaired) electrons. The average molecular weight is 333 g/mol. The second-order valence-corrected chi connectivity index (χ2v) is 7.68. The Labute approximate surface area is 143 Å². The zero-order valence-electron chi connectivity index (χ0n) is 14.5. The van der Waals surface area contributed by atoms with E-state index in [1.54, 1.807) is 11.9 Å². The van der Waals surface area contributed by atoms with Crippen molar-refractivity contribution in [3.63, 3.8) is 0 Å². The maximum absolute atomic E-state index is 12.4. The van der Waals surface area contributed by atoms with Gasteiger partial charge in [-0.1, -0.05) is 0 Å². The third-order valence-corrected chi connectivity index (χ3v) is 5.89. The van der Waals surface area contributed by atoms with Crippen LogP contribution in [-0.4, -0.2) is 66.5 Å². The molecule has 1 aliphatic carbocycles. The topological polar surface area (TPSA) is 88.5 Å². The van der Waals surface area contributed by atoms with Gasteiger partial charge in [-0.05, 0) is 44.4 Å². The lowest BCUT2D eigenvalue weighted by molar-refractivity contribution is -0.130. The number of nitrogens with zero attached hydrogens (tertiary/aromatic N) is 3. The molecule has 7 nitrogen and oxygen atoms in total. The SMILES string of the molecule is CNC(=O)N1C[C@@H]2C[C@@](C)(NCC(=O)N3CCC[C@H]3C#N)C[C@@H]2C1. The largest absolute Gasteiger partial charge is 0.341 e. The molecule has 2 heterocycles. The summed E-state index contributed by atoms with van der Waals surface area (Å²) in [7, 11) is 1.67. The molecule has 3 rings (SSSR count). The van der Waals surface area contributed by atoms with Crippen molar-refractivity contribution < 1.29 is 9.59 Å². The fourth-order valence-electron chi connectivity index (χ4n) is 4.70. The van der Waals surface area contributed by atoms with Crippen molar-refractivity contribution in [2.45, 2.75) is 44.2 Å². The lowest BCUT2D eigenvalue weighted by Gasteiger charge is -2.29. The molecular formula is C17H27N5O2. The van der Waals surface area contributed by atoms with E-state index in [4.69, 9.17) is 5.26 Å². The minimum atomic E-state index is -0.254. The number of carbonyl (C=O) groups is 2. The fourth-order valence-corrected chi connectivity index (χ4v) is 4.70. The summed E-state index contributed by atoms with van der Waals surface area (Å²) in [6.07, 6.45) is 3.68. The van der Waals surface area contributed by atoms with E-state index < -0.39 is 0 Å². The van der Waals surface area contributed by atoms with Crippen molar-refractivity contribution in [3.05, 3.63) is 0 Å². The summed E-state index contributed by atoms with van der Waals surface area (Å²) in [6, 6.07) is 1.97. The molecule has 0 unspecified atom stereocenters. The Hall–Kier alpha value is -1.81. The fraction of sp³-hybridized carbons (Fsp3) is 0.824. The summed E-state index contributed by atoms with van der Waals surface area (Å²) in [5.74, 6) is 1.05. The number of amides is 3. The molecule has 24 heavy (non-hydrogen) atoms. The van der Waals surface area contributed by atoms with Crippen LogP contribution in [0.15, 0.2) is 0 Å². The van der Waals surface area contributed by atoms with E-state index in [0.717, 1.165) is 38.8 Å². The minimum absolute atomic E-state index is 0.00539. The Morgan fingerprint density at radius 2 is 1.96 bits per heavy atom. The second kappa shape index (κ2) is 6.60. The molecule has 0 aromatic carbocycles. The molecule has 2 aliphatic heterocycles. The third kappa shape index (κ3) is 3.20. The molecule has 3 amide bonds. The molecule has 3 fully saturated rings. The average Bonchev–Trinajstić information content (AvgIpc) is 3.24. The zero-order valence-corrected chi connectivity index (χ0v) is 14.5. The van der Waals surface area contributed by atoms with E-state index in [1.165, 1.54) is 0 Å². The molecule has 132 valence electrons. The van der Waals surface area contributed by atoms with Crippen molar-refractivity contribution in [1.82, 2.24) is 20.4 Å². The Balaban J connectivity index is 1.50. The van der Waals surface area contributed by atoms with Crippen molar-refractivity contribution >= 4 is 11.9 Å². The minimum Gasteiger partial charge on any atom is -0.341 e. The van der Waals surface area contributed by atoms with Crippen LogP contribution in [0.3, 0.4) is 0 Å². The summed E-state index contributed by atoms with van der Waals surface area (Å²) >= 11 is 0. The van der Waals surface area contributed by atoms with E-state index in [1.807, 2.05) is 4.90 Å². The van der Waals surface area contributed by atoms with Crippen molar-refractivity contribution in [3.8, 4) is 6.07 Å². The van der Waals surface area contributed by atoms with Crippen LogP contribution in [0.2, 0.25) is 0 Å². The lowest BCUT2D eigenvalue weighted by atomic mass is 9.98. The Bertz CT molecular complexity index is 544. The van der Waals surface area contributed by atoms with E-state index in [9.17, 15) is 9.59 Å². The molecule has 2 N–H and O–H groups in total. The van der Waals surface area contributed by atoms with Gasteiger partial charge in [0.15, 0.2) is 0 Å². The summed E-state index contributed by atoms with van der Waals surface area (Å²) in [6.45, 7) is 4.78. The molecule has 0 spiro atoms. The summed E-state index contributed by atoms with van der Waals surface area (Å²) in [5.41, 5.74) is -0.0539. The monoisotopic (exact) mass is 333 g/mol. The molecule has 0 aromatic heterocycles. The zero-order chi connectivity index (χ0) is 17.3. The molecule has 7 heteroatoms. The number of carbonyl (C=O) groups excluding carboxylic acids is 2. The van der Waals surface area contributed by atoms with Crippen molar-refractivity contribution in [2.24, 2.45) is 11.8 Å². The highest BCUT2D eigenvalue weighted by molar-refractivity contribution is 5.79. The number of hydrogen-bond donors (Lipinski definition) is 2. The number of urea groups is 1. The van der Waals surface area contributed by atoms with Crippen LogP contribution in [0.1, 0.15) is 32.6 Å². The Kier molecular flexibility index (Phi) is 4.68. The predicted molar refractivity (Wildman–Crippen MR) is 89.0 cm³/mol. The molecule has 0 aromatic rings. The first-order chi connectivity index (χ1) is 11.5. The highest BCUT2D eigenvalue weighted by Gasteiger charge is 2.47. The Morgan fingerprint density at radius 1 is 1.29 bits per heavy atom. The number of likely N-dealkylation sites (tertiary alicyclic amines) is 2. The van der Waals surface area contributed by atoms with E-state index in [2.05, 4.69) is 23.6 Å². The van der Waals surface area contributed by atoms with Crippen LogP contribution in [0.4, 0.5) is 4.79 Å². The number of rotatable bonds is 3. The van der Waals surface area contributed by atoms with Gasteiger partial charge in [-0.15, -0.1) is 0 Å². The van der Waals surface area contributed by atoms with Gasteiger partial charge < -0.3 is 20.4 Å². The number of nitrogens with one attached hydrogen (secondary N) is 2. The maximum Gasteiger partial charge on any atom is 0.317 e. The lowest BCUT2D eigenvalue weighted by Crippen LogP contribution is -2.48. The van der Waals surface area contributed by atoms with Gasteiger partial charge >= 0.3 is 6.03 Å². The Morgan fingerprint density at radius 3 is 2.54 bits per heavy atom. The first kappa shape index (κ1) is 17.0. The number of hydrogen-bond acceptors (Lipinski definition) is 4. The van der Waals surface area contributed by atoms with E-state index in [-0.39, 0.29) is 23.5 Å². The van der Waals surface area contributed by atoms with Crippen LogP contribution in [0.5, 0.6) is 0 Å². The summed E-state index contributed by atoms with van der Waals surface area (Å²) in [4.78, 5) is 27.7. The van der Waals surface area contributed by atoms with Gasteiger partial charge in [0.2, 0.25) is 5.91 Å². The normalized spacial score (nSPS) is 35.0. The first-order valence-electron chi connectivity index (χ1n) is 8.86. The first-order valence-corrected chi connectivity index (χ1v) is 8.86. The summed E-state index contributed by atoms with van der Waals surface area (Å²) < 4.78 is 0. The molecule has 0 bridgehead atoms. The van der Waals surface area contributed by atoms with Crippen LogP contribution in [0, 0.1) is 23.2 Å². The number of fused-ring (bicyclic) bond motifs is 1. The molecule has 1 saturated carbocycles. The van der Waals surface area contributed by atoms with E-state index in [0.29, 0.717) is 24.9 Å². The van der Waals surface area contributed by atoms with Crippen LogP contribution in [-0.2, 0) is 4.79 Å². The van der Waals surface area contributed by atoms with Gasteiger partial charge in [-0.2, -0.15) is 5.26 Å². The van der Waals surface area contributed by atoms with Gasteiger partial charge in [0.05, 0.1) is 12.6 Å². The number of nitriles is 1. The highest BCUT2D eigenvalue weighted by Crippen LogP contribution is 2.43. The predicted octanol–water partition coefficient (Wildman–Crippen LogP) is 0.530.